The Morgan fingerprint density at radius 2 is 1.83 bits per heavy atom. The van der Waals surface area contributed by atoms with E-state index < -0.39 is 10.8 Å². The molecule has 23 heavy (non-hydrogen) atoms. The van der Waals surface area contributed by atoms with E-state index in [-0.39, 0.29) is 12.1 Å². The molecule has 1 aliphatic rings. The van der Waals surface area contributed by atoms with Gasteiger partial charge in [-0.25, -0.2) is 4.99 Å². The van der Waals surface area contributed by atoms with Crippen LogP contribution in [0.15, 0.2) is 64.5 Å². The molecule has 2 aromatic rings. The molecule has 0 fully saturated rings. The minimum absolute atomic E-state index is 0.0896. The van der Waals surface area contributed by atoms with E-state index >= 15 is 0 Å². The van der Waals surface area contributed by atoms with Crippen LogP contribution < -0.4 is 0 Å². The van der Waals surface area contributed by atoms with Gasteiger partial charge in [0, 0.05) is 34.6 Å². The van der Waals surface area contributed by atoms with Crippen molar-refractivity contribution in [3.63, 3.8) is 0 Å². The molecular formula is C18H19NO3S. The van der Waals surface area contributed by atoms with E-state index in [0.29, 0.717) is 12.5 Å². The van der Waals surface area contributed by atoms with Gasteiger partial charge in [0.15, 0.2) is 6.10 Å². The second-order valence-electron chi connectivity index (χ2n) is 5.38. The normalized spacial score (nSPS) is 21.6. The van der Waals surface area contributed by atoms with Crippen LogP contribution in [0.3, 0.4) is 0 Å². The Morgan fingerprint density at radius 3 is 2.43 bits per heavy atom. The third-order valence-electron chi connectivity index (χ3n) is 3.77. The van der Waals surface area contributed by atoms with Crippen LogP contribution in [0.5, 0.6) is 0 Å². The molecule has 0 saturated heterocycles. The van der Waals surface area contributed by atoms with Gasteiger partial charge in [-0.1, -0.05) is 30.3 Å². The zero-order valence-electron chi connectivity index (χ0n) is 13.1. The van der Waals surface area contributed by atoms with E-state index in [4.69, 9.17) is 9.47 Å². The Balaban J connectivity index is 1.86. The average molecular weight is 329 g/mol. The van der Waals surface area contributed by atoms with Crippen LogP contribution in [0.4, 0.5) is 0 Å². The van der Waals surface area contributed by atoms with Gasteiger partial charge < -0.3 is 9.47 Å². The first-order valence-corrected chi connectivity index (χ1v) is 8.97. The van der Waals surface area contributed by atoms with Gasteiger partial charge in [-0.15, -0.1) is 0 Å². The van der Waals surface area contributed by atoms with Gasteiger partial charge in [-0.05, 0) is 29.8 Å². The first-order valence-electron chi connectivity index (χ1n) is 7.41. The Bertz CT molecular complexity index is 713. The molecule has 0 amide bonds. The van der Waals surface area contributed by atoms with E-state index in [1.165, 1.54) is 0 Å². The molecule has 3 rings (SSSR count). The highest BCUT2D eigenvalue weighted by molar-refractivity contribution is 7.84. The van der Waals surface area contributed by atoms with E-state index in [9.17, 15) is 4.21 Å². The number of hydrogen-bond donors (Lipinski definition) is 0. The van der Waals surface area contributed by atoms with Gasteiger partial charge in [0.05, 0.1) is 6.61 Å². The number of aliphatic imine (C=N–C) groups is 1. The maximum Gasteiger partial charge on any atom is 0.217 e. The molecule has 0 unspecified atom stereocenters. The molecule has 5 heteroatoms. The summed E-state index contributed by atoms with van der Waals surface area (Å²) in [4.78, 5) is 5.48. The summed E-state index contributed by atoms with van der Waals surface area (Å²) in [5.41, 5.74) is 1.97. The fraction of sp³-hybridized carbons (Fsp3) is 0.278. The Kier molecular flexibility index (Phi) is 4.88. The monoisotopic (exact) mass is 329 g/mol. The van der Waals surface area contributed by atoms with E-state index in [2.05, 4.69) is 4.99 Å². The fourth-order valence-corrected chi connectivity index (χ4v) is 3.12. The lowest BCUT2D eigenvalue weighted by Gasteiger charge is -2.17. The lowest BCUT2D eigenvalue weighted by Crippen LogP contribution is -2.19. The first kappa shape index (κ1) is 15.9. The fourth-order valence-electron chi connectivity index (χ4n) is 2.61. The van der Waals surface area contributed by atoms with Crippen LogP contribution in [-0.2, 0) is 20.3 Å². The molecule has 120 valence electrons. The summed E-state index contributed by atoms with van der Waals surface area (Å²) in [6.45, 7) is 0.489. The van der Waals surface area contributed by atoms with Crippen LogP contribution in [0, 0.1) is 0 Å². The number of benzene rings is 2. The second-order valence-corrected chi connectivity index (χ2v) is 6.76. The van der Waals surface area contributed by atoms with Crippen molar-refractivity contribution in [1.29, 1.82) is 0 Å². The number of hydrogen-bond acceptors (Lipinski definition) is 4. The zero-order valence-corrected chi connectivity index (χ0v) is 14.0. The third kappa shape index (κ3) is 3.51. The minimum Gasteiger partial charge on any atom is -0.467 e. The smallest absolute Gasteiger partial charge is 0.217 e. The SMILES string of the molecule is COC[C@@H]1N=C(c2ccccc2)O[C@H]1c1ccc([S@@](C)=O)cc1. The topological polar surface area (TPSA) is 47.9 Å². The number of rotatable bonds is 5. The lowest BCUT2D eigenvalue weighted by atomic mass is 10.0. The van der Waals surface area contributed by atoms with Crippen LogP contribution in [0.1, 0.15) is 17.2 Å². The average Bonchev–Trinajstić information content (AvgIpc) is 3.00. The van der Waals surface area contributed by atoms with Crippen LogP contribution in [0.2, 0.25) is 0 Å². The lowest BCUT2D eigenvalue weighted by molar-refractivity contribution is 0.120. The summed E-state index contributed by atoms with van der Waals surface area (Å²) in [5, 5.41) is 0. The molecule has 3 atom stereocenters. The van der Waals surface area contributed by atoms with E-state index in [1.54, 1.807) is 13.4 Å². The Morgan fingerprint density at radius 1 is 1.13 bits per heavy atom. The summed E-state index contributed by atoms with van der Waals surface area (Å²) < 4.78 is 22.9. The molecule has 1 aliphatic heterocycles. The van der Waals surface area contributed by atoms with Crippen LogP contribution in [-0.4, -0.2) is 36.1 Å². The quantitative estimate of drug-likeness (QED) is 0.847. The third-order valence-corrected chi connectivity index (χ3v) is 4.71. The minimum atomic E-state index is -0.982. The van der Waals surface area contributed by atoms with Gasteiger partial charge >= 0.3 is 0 Å². The highest BCUT2D eigenvalue weighted by Crippen LogP contribution is 2.31. The largest absolute Gasteiger partial charge is 0.467 e. The van der Waals surface area contributed by atoms with Crippen LogP contribution in [0.25, 0.3) is 0 Å². The molecule has 0 radical (unpaired) electrons. The summed E-state index contributed by atoms with van der Waals surface area (Å²) >= 11 is 0. The molecule has 0 aliphatic carbocycles. The van der Waals surface area contributed by atoms with Crippen molar-refractivity contribution >= 4 is 16.7 Å². The number of ether oxygens (including phenoxy) is 2. The summed E-state index contributed by atoms with van der Waals surface area (Å²) in [7, 11) is 0.681. The van der Waals surface area contributed by atoms with Crippen molar-refractivity contribution in [1.82, 2.24) is 0 Å². The summed E-state index contributed by atoms with van der Waals surface area (Å²) in [5.74, 6) is 0.640. The predicted octanol–water partition coefficient (Wildman–Crippen LogP) is 2.96. The van der Waals surface area contributed by atoms with Crippen molar-refractivity contribution < 1.29 is 13.7 Å². The maximum atomic E-state index is 11.5. The number of nitrogens with zero attached hydrogens (tertiary/aromatic N) is 1. The Hall–Kier alpha value is -1.98. The van der Waals surface area contributed by atoms with Crippen molar-refractivity contribution in [2.24, 2.45) is 4.99 Å². The van der Waals surface area contributed by atoms with E-state index in [0.717, 1.165) is 16.0 Å². The Labute approximate surface area is 138 Å². The molecule has 0 saturated carbocycles. The van der Waals surface area contributed by atoms with Gasteiger partial charge in [0.2, 0.25) is 5.90 Å². The molecule has 0 spiro atoms. The van der Waals surface area contributed by atoms with Crippen molar-refractivity contribution in [3.05, 3.63) is 65.7 Å². The second kappa shape index (κ2) is 7.06. The van der Waals surface area contributed by atoms with Gasteiger partial charge in [0.1, 0.15) is 6.04 Å². The molecular weight excluding hydrogens is 310 g/mol. The predicted molar refractivity (Wildman–Crippen MR) is 91.2 cm³/mol. The van der Waals surface area contributed by atoms with Crippen molar-refractivity contribution in [2.45, 2.75) is 17.0 Å². The summed E-state index contributed by atoms with van der Waals surface area (Å²) in [6, 6.07) is 17.4. The molecule has 1 heterocycles. The van der Waals surface area contributed by atoms with Crippen molar-refractivity contribution in [2.75, 3.05) is 20.0 Å². The first-order chi connectivity index (χ1) is 11.2. The highest BCUT2D eigenvalue weighted by atomic mass is 32.2. The summed E-state index contributed by atoms with van der Waals surface area (Å²) in [6.07, 6.45) is 1.48. The highest BCUT2D eigenvalue weighted by Gasteiger charge is 2.32. The van der Waals surface area contributed by atoms with Crippen LogP contribution >= 0.6 is 0 Å². The molecule has 0 bridgehead atoms. The van der Waals surface area contributed by atoms with Gasteiger partial charge in [0.25, 0.3) is 0 Å². The van der Waals surface area contributed by atoms with Gasteiger partial charge in [-0.3, -0.25) is 4.21 Å². The van der Waals surface area contributed by atoms with Gasteiger partial charge in [-0.2, -0.15) is 0 Å². The number of methoxy groups -OCH3 is 1. The van der Waals surface area contributed by atoms with E-state index in [1.807, 2.05) is 54.6 Å². The standard InChI is InChI=1S/C18H19NO3S/c1-21-12-16-17(13-8-10-15(11-9-13)23(2)20)22-18(19-16)14-6-4-3-5-7-14/h3-11,16-17H,12H2,1-2H3/t16-,17-,23+/m0/s1. The maximum absolute atomic E-state index is 11.5. The molecule has 0 N–H and O–H groups in total. The van der Waals surface area contributed by atoms with Crippen molar-refractivity contribution in [3.8, 4) is 0 Å². The molecule has 4 nitrogen and oxygen atoms in total. The molecule has 2 aromatic carbocycles. The zero-order chi connectivity index (χ0) is 16.2. The molecule has 0 aromatic heterocycles.